The number of allylic oxidation sites excluding steroid dienone is 2. The molecule has 11 fully saturated rings. The maximum atomic E-state index is 15.4. The fraction of sp³-hybridized carbons (Fsp3) is 0.958. The summed E-state index contributed by atoms with van der Waals surface area (Å²) < 4.78 is 84.2. The van der Waals surface area contributed by atoms with E-state index < -0.39 is 270 Å². The third kappa shape index (κ3) is 14.6. The summed E-state index contributed by atoms with van der Waals surface area (Å²) in [5, 5.41) is 218. The summed E-state index contributed by atoms with van der Waals surface area (Å²) >= 11 is 0. The van der Waals surface area contributed by atoms with E-state index in [4.69, 9.17) is 66.3 Å². The van der Waals surface area contributed by atoms with Crippen molar-refractivity contribution in [3.63, 3.8) is 0 Å². The highest BCUT2D eigenvalue weighted by atomic mass is 16.8. The van der Waals surface area contributed by atoms with Crippen LogP contribution in [0.4, 0.5) is 0 Å². The molecule has 7 saturated heterocycles. The van der Waals surface area contributed by atoms with Crippen LogP contribution in [0.3, 0.4) is 0 Å². The summed E-state index contributed by atoms with van der Waals surface area (Å²) in [5.41, 5.74) is -1.95. The number of aliphatic hydroxyl groups is 20. The lowest BCUT2D eigenvalue weighted by Gasteiger charge is -2.71. The van der Waals surface area contributed by atoms with Gasteiger partial charge in [-0.1, -0.05) is 60.1 Å². The highest BCUT2D eigenvalue weighted by Gasteiger charge is 2.71. The second kappa shape index (κ2) is 31.6. The minimum atomic E-state index is -1.96. The lowest BCUT2D eigenvalue weighted by Crippen LogP contribution is -2.67. The number of aliphatic hydroxyl groups excluding tert-OH is 20. The van der Waals surface area contributed by atoms with Crippen LogP contribution in [0.25, 0.3) is 0 Å². The normalized spacial score (nSPS) is 54.6. The molecule has 0 amide bonds. The van der Waals surface area contributed by atoms with E-state index in [-0.39, 0.29) is 34.0 Å². The molecule has 20 N–H and O–H groups in total. The third-order valence-corrected chi connectivity index (χ3v) is 27.3. The number of fused-ring (bicyclic) bond motifs is 7. The second-order valence-corrected chi connectivity index (χ2v) is 34.3. The van der Waals surface area contributed by atoms with Crippen molar-refractivity contribution in [2.75, 3.05) is 33.0 Å². The predicted octanol–water partition coefficient (Wildman–Crippen LogP) is -5.87. The van der Waals surface area contributed by atoms with Crippen molar-refractivity contribution < 1.29 is 173 Å². The van der Waals surface area contributed by atoms with Crippen LogP contribution in [0.15, 0.2) is 11.6 Å². The SMILES string of the molecule is C[C@@H]1O[C@@H](O[C@H]2[C@H](O)[C@@H](O)[C@H](OC[C@H]3O[C@@H](OC(=O)[C@]45CCC(C)(C)CC4C4=CCC6[C@@]7(C)CC[C@H](O[C@@H]8OC[C@H](O[C@@H]9O[C@H](CO)[C@@H](O)[C@H](O)[C@H]9O)[C@H](O)[C@H]8O[C@@H]8O[C@@H](C)[C@H](O)[C@@H](O[C@@H]9O[C@H](CO)[C@@H](O)[C@H](O)[C@H]9O)[C@H]8O)C(C)(C)C7CC[C@@]6(C)[C@]4(C)CC5)[C@H](O)[C@@H](O)[C@@H]3O)O[C@@H]2CO)[C@H](O)[C@H](O)[C@H]1O. The first-order valence-electron chi connectivity index (χ1n) is 37.5. The van der Waals surface area contributed by atoms with E-state index in [2.05, 4.69) is 54.5 Å². The molecule has 5 aliphatic carbocycles. The Morgan fingerprint density at radius 1 is 0.443 bits per heavy atom. The fourth-order valence-corrected chi connectivity index (χ4v) is 20.4. The van der Waals surface area contributed by atoms with Gasteiger partial charge in [0.15, 0.2) is 37.7 Å². The average molecular weight is 1530 g/mol. The van der Waals surface area contributed by atoms with Gasteiger partial charge in [-0.25, -0.2) is 0 Å². The number of ether oxygens (including phenoxy) is 14. The average Bonchev–Trinajstić information content (AvgIpc) is 0.674. The molecule has 106 heavy (non-hydrogen) atoms. The van der Waals surface area contributed by atoms with Gasteiger partial charge in [-0.15, -0.1) is 0 Å². The Morgan fingerprint density at radius 3 is 1.56 bits per heavy atom. The molecule has 0 spiro atoms. The lowest BCUT2D eigenvalue weighted by atomic mass is 9.33. The van der Waals surface area contributed by atoms with Gasteiger partial charge < -0.3 is 168 Å². The monoisotopic (exact) mass is 1530 g/mol. The fourth-order valence-electron chi connectivity index (χ4n) is 20.4. The standard InChI is InChI=1S/C71H116O35/c1-26-38(75)44(81)49(86)59(95-26)103-55-32(23-74)99-58(53(90)48(55)85)93-24-33-42(79)47(84)52(89)62(100-33)106-65(92)71-18-16-66(3,4)20-29(71)28-10-11-36-68(7)14-13-37(67(5,6)35(68)12-15-70(36,9)69(28,8)17-19-71)102-64-57(43(80)34(25-94-64)101-60-50(87)45(82)40(77)30(21-72)97-60)105-63-54(91)56(39(76)27(2)96-63)104-61-51(88)46(83)41(78)31(22-73)98-61/h10,26-27,29-64,72-91H,11-25H2,1-9H3/t26-,27-,29?,30+,31+,32+,33+,34-,35?,36?,37-,38-,39-,40+,41+,42+,43-,44+,45-,46-,47-,48+,49+,50+,51+,52+,53+,54+,55+,56+,57+,58+,59-,60-,61-,62-,63-,64-,68-,69+,70+,71-/m0/s1. The molecule has 35 heteroatoms. The minimum Gasteiger partial charge on any atom is -0.432 e. The highest BCUT2D eigenvalue weighted by Crippen LogP contribution is 2.76. The lowest BCUT2D eigenvalue weighted by molar-refractivity contribution is -0.391. The molecule has 4 saturated carbocycles. The number of carbonyl (C=O) groups is 1. The zero-order valence-corrected chi connectivity index (χ0v) is 61.2. The molecule has 610 valence electrons. The molecule has 42 atom stereocenters. The van der Waals surface area contributed by atoms with Crippen molar-refractivity contribution in [2.24, 2.45) is 50.2 Å². The summed E-state index contributed by atoms with van der Waals surface area (Å²) in [7, 11) is 0. The zero-order valence-electron chi connectivity index (χ0n) is 61.2. The van der Waals surface area contributed by atoms with Gasteiger partial charge in [0.2, 0.25) is 6.29 Å². The Kier molecular flexibility index (Phi) is 24.8. The van der Waals surface area contributed by atoms with Crippen molar-refractivity contribution in [1.29, 1.82) is 0 Å². The molecule has 0 aromatic heterocycles. The van der Waals surface area contributed by atoms with Gasteiger partial charge in [0, 0.05) is 0 Å². The van der Waals surface area contributed by atoms with Crippen molar-refractivity contribution in [1.82, 2.24) is 0 Å². The van der Waals surface area contributed by atoms with Gasteiger partial charge in [0.05, 0.1) is 56.8 Å². The van der Waals surface area contributed by atoms with Crippen LogP contribution in [0.5, 0.6) is 0 Å². The molecule has 7 aliphatic heterocycles. The quantitative estimate of drug-likeness (QED) is 0.0345. The van der Waals surface area contributed by atoms with E-state index in [0.29, 0.717) is 51.4 Å². The van der Waals surface area contributed by atoms with Crippen LogP contribution in [0, 0.1) is 50.2 Å². The van der Waals surface area contributed by atoms with Gasteiger partial charge in [-0.3, -0.25) is 4.79 Å². The first-order valence-corrected chi connectivity index (χ1v) is 37.5. The van der Waals surface area contributed by atoms with Crippen LogP contribution in [0.1, 0.15) is 127 Å². The van der Waals surface area contributed by atoms with Crippen molar-refractivity contribution >= 4 is 5.97 Å². The maximum absolute atomic E-state index is 15.4. The molecule has 12 rings (SSSR count). The molecule has 0 bridgehead atoms. The molecular weight excluding hydrogens is 1410 g/mol. The molecule has 0 aromatic carbocycles. The summed E-state index contributed by atoms with van der Waals surface area (Å²) in [5.74, 6) is -0.894. The van der Waals surface area contributed by atoms with Gasteiger partial charge in [-0.2, -0.15) is 0 Å². The Bertz CT molecular complexity index is 3000. The van der Waals surface area contributed by atoms with E-state index in [1.54, 1.807) is 0 Å². The highest BCUT2D eigenvalue weighted by molar-refractivity contribution is 5.79. The summed E-state index contributed by atoms with van der Waals surface area (Å²) in [6.45, 7) is 14.9. The van der Waals surface area contributed by atoms with E-state index in [9.17, 15) is 102 Å². The second-order valence-electron chi connectivity index (χ2n) is 34.3. The van der Waals surface area contributed by atoms with Gasteiger partial charge in [0.25, 0.3) is 0 Å². The predicted molar refractivity (Wildman–Crippen MR) is 352 cm³/mol. The number of esters is 1. The third-order valence-electron chi connectivity index (χ3n) is 27.3. The Labute approximate surface area is 613 Å². The Hall–Kier alpha value is -2.11. The van der Waals surface area contributed by atoms with Crippen molar-refractivity contribution in [2.45, 2.75) is 341 Å². The number of carbonyl (C=O) groups excluding carboxylic acids is 1. The first kappa shape index (κ1) is 83.3. The zero-order chi connectivity index (χ0) is 77.3. The van der Waals surface area contributed by atoms with E-state index in [1.165, 1.54) is 13.8 Å². The number of hydrogen-bond donors (Lipinski definition) is 20. The molecule has 3 unspecified atom stereocenters. The van der Waals surface area contributed by atoms with Crippen molar-refractivity contribution in [3.8, 4) is 0 Å². The summed E-state index contributed by atoms with van der Waals surface area (Å²) in [6.07, 6.45) is -49.6. The smallest absolute Gasteiger partial charge is 0.315 e. The largest absolute Gasteiger partial charge is 0.432 e. The molecule has 0 radical (unpaired) electrons. The van der Waals surface area contributed by atoms with Gasteiger partial charge in [-0.05, 0) is 123 Å². The van der Waals surface area contributed by atoms with Crippen LogP contribution in [0.2, 0.25) is 0 Å². The Balaban J connectivity index is 0.744. The van der Waals surface area contributed by atoms with Gasteiger partial charge in [0.1, 0.15) is 153 Å². The van der Waals surface area contributed by atoms with Crippen LogP contribution in [-0.4, -0.2) is 356 Å². The summed E-state index contributed by atoms with van der Waals surface area (Å²) in [6, 6.07) is 0. The van der Waals surface area contributed by atoms with E-state index in [0.717, 1.165) is 18.4 Å². The molecule has 12 aliphatic rings. The first-order chi connectivity index (χ1) is 49.7. The van der Waals surface area contributed by atoms with Crippen molar-refractivity contribution in [3.05, 3.63) is 11.6 Å². The van der Waals surface area contributed by atoms with Crippen LogP contribution < -0.4 is 0 Å². The maximum Gasteiger partial charge on any atom is 0.315 e. The molecule has 35 nitrogen and oxygen atoms in total. The molecule has 7 heterocycles. The van der Waals surface area contributed by atoms with Crippen LogP contribution in [-0.2, 0) is 71.1 Å². The number of hydrogen-bond acceptors (Lipinski definition) is 35. The van der Waals surface area contributed by atoms with Crippen LogP contribution >= 0.6 is 0 Å². The van der Waals surface area contributed by atoms with E-state index >= 15 is 4.79 Å². The number of rotatable bonds is 18. The van der Waals surface area contributed by atoms with Gasteiger partial charge >= 0.3 is 5.97 Å². The summed E-state index contributed by atoms with van der Waals surface area (Å²) in [4.78, 5) is 15.4. The molecular formula is C71H116O35. The Morgan fingerprint density at radius 2 is 0.943 bits per heavy atom. The van der Waals surface area contributed by atoms with E-state index in [1.807, 2.05) is 0 Å². The molecule has 0 aromatic rings. The minimum absolute atomic E-state index is 0.000454. The topological polar surface area (TPSA) is 551 Å².